The van der Waals surface area contributed by atoms with Gasteiger partial charge >= 0.3 is 0 Å². The molecule has 2 aliphatic rings. The Morgan fingerprint density at radius 1 is 1.24 bits per heavy atom. The highest BCUT2D eigenvalue weighted by molar-refractivity contribution is 5.21. The maximum atomic E-state index is 6.05. The fraction of sp³-hybridized carbons (Fsp3) is 0.667. The van der Waals surface area contributed by atoms with Gasteiger partial charge in [-0.2, -0.15) is 0 Å². The van der Waals surface area contributed by atoms with Crippen molar-refractivity contribution in [1.29, 1.82) is 0 Å². The van der Waals surface area contributed by atoms with Gasteiger partial charge < -0.3 is 10.1 Å². The van der Waals surface area contributed by atoms with Gasteiger partial charge in [-0.15, -0.1) is 0 Å². The molecule has 1 aromatic carbocycles. The summed E-state index contributed by atoms with van der Waals surface area (Å²) in [6.45, 7) is 9.91. The molecule has 0 radical (unpaired) electrons. The van der Waals surface area contributed by atoms with Crippen LogP contribution in [0.15, 0.2) is 30.3 Å². The second kappa shape index (κ2) is 6.07. The molecule has 3 nitrogen and oxygen atoms in total. The van der Waals surface area contributed by atoms with Crippen molar-refractivity contribution in [2.75, 3.05) is 19.6 Å². The van der Waals surface area contributed by atoms with Crippen LogP contribution in [0.1, 0.15) is 45.2 Å². The van der Waals surface area contributed by atoms with Gasteiger partial charge in [-0.1, -0.05) is 30.3 Å². The van der Waals surface area contributed by atoms with Crippen LogP contribution in [-0.4, -0.2) is 42.3 Å². The fourth-order valence-electron chi connectivity index (χ4n) is 3.65. The Morgan fingerprint density at radius 2 is 2.00 bits per heavy atom. The largest absolute Gasteiger partial charge is 0.374 e. The van der Waals surface area contributed by atoms with Crippen LogP contribution in [0.3, 0.4) is 0 Å². The Bertz CT molecular complexity index is 460. The van der Waals surface area contributed by atoms with Crippen LogP contribution in [-0.2, 0) is 4.74 Å². The van der Waals surface area contributed by atoms with Gasteiger partial charge in [0.25, 0.3) is 0 Å². The normalized spacial score (nSPS) is 33.2. The highest BCUT2D eigenvalue weighted by Gasteiger charge is 2.35. The number of hydrogen-bond acceptors (Lipinski definition) is 3. The van der Waals surface area contributed by atoms with Gasteiger partial charge in [0, 0.05) is 31.2 Å². The summed E-state index contributed by atoms with van der Waals surface area (Å²) in [5, 5.41) is 3.69. The Labute approximate surface area is 128 Å². The second-order valence-electron chi connectivity index (χ2n) is 7.27. The molecule has 3 unspecified atom stereocenters. The topological polar surface area (TPSA) is 24.5 Å². The van der Waals surface area contributed by atoms with E-state index in [1.165, 1.54) is 18.4 Å². The molecule has 2 heterocycles. The van der Waals surface area contributed by atoms with Gasteiger partial charge in [0.15, 0.2) is 0 Å². The number of nitrogens with zero attached hydrogens (tertiary/aromatic N) is 1. The molecule has 1 N–H and O–H groups in total. The molecule has 2 saturated heterocycles. The Kier molecular flexibility index (Phi) is 4.34. The third-order valence-corrected chi connectivity index (χ3v) is 4.76. The molecular formula is C18H28N2O. The summed E-state index contributed by atoms with van der Waals surface area (Å²) in [5.41, 5.74) is 1.58. The molecule has 0 saturated carbocycles. The Hall–Kier alpha value is -0.900. The summed E-state index contributed by atoms with van der Waals surface area (Å²) in [6, 6.07) is 11.3. The minimum absolute atomic E-state index is 0.176. The highest BCUT2D eigenvalue weighted by atomic mass is 16.5. The lowest BCUT2D eigenvalue weighted by Gasteiger charge is -2.45. The van der Waals surface area contributed by atoms with Gasteiger partial charge in [-0.05, 0) is 39.2 Å². The second-order valence-corrected chi connectivity index (χ2v) is 7.27. The molecule has 2 fully saturated rings. The average molecular weight is 288 g/mol. The van der Waals surface area contributed by atoms with Gasteiger partial charge in [0.05, 0.1) is 12.2 Å². The maximum absolute atomic E-state index is 6.05. The predicted molar refractivity (Wildman–Crippen MR) is 86.4 cm³/mol. The van der Waals surface area contributed by atoms with E-state index in [1.807, 2.05) is 0 Å². The molecule has 0 spiro atoms. The molecule has 1 aromatic rings. The summed E-state index contributed by atoms with van der Waals surface area (Å²) < 4.78 is 6.05. The quantitative estimate of drug-likeness (QED) is 0.925. The molecule has 0 aromatic heterocycles. The Balaban J connectivity index is 1.74. The van der Waals surface area contributed by atoms with Crippen LogP contribution in [0, 0.1) is 0 Å². The zero-order valence-electron chi connectivity index (χ0n) is 13.5. The number of benzene rings is 1. The minimum atomic E-state index is 0.176. The molecule has 0 amide bonds. The van der Waals surface area contributed by atoms with E-state index in [4.69, 9.17) is 4.74 Å². The third-order valence-electron chi connectivity index (χ3n) is 4.76. The first-order chi connectivity index (χ1) is 10.0. The van der Waals surface area contributed by atoms with Crippen molar-refractivity contribution in [2.24, 2.45) is 0 Å². The lowest BCUT2D eigenvalue weighted by atomic mass is 9.94. The van der Waals surface area contributed by atoms with Crippen LogP contribution in [0.4, 0.5) is 0 Å². The average Bonchev–Trinajstić information content (AvgIpc) is 2.84. The Morgan fingerprint density at radius 3 is 2.67 bits per heavy atom. The molecule has 3 heteroatoms. The van der Waals surface area contributed by atoms with Gasteiger partial charge in [0.2, 0.25) is 0 Å². The van der Waals surface area contributed by atoms with Crippen molar-refractivity contribution in [3.8, 4) is 0 Å². The van der Waals surface area contributed by atoms with E-state index in [0.29, 0.717) is 18.2 Å². The van der Waals surface area contributed by atoms with E-state index in [0.717, 1.165) is 19.6 Å². The standard InChI is InChI=1S/C18H28N2O/c1-14-9-10-16(21-14)12-20-13-18(2,3)19-11-17(20)15-7-5-4-6-8-15/h4-8,14,16-17,19H,9-13H2,1-3H3. The van der Waals surface area contributed by atoms with Gasteiger partial charge in [-0.25, -0.2) is 0 Å². The number of rotatable bonds is 3. The van der Waals surface area contributed by atoms with Crippen LogP contribution in [0.25, 0.3) is 0 Å². The first-order valence-corrected chi connectivity index (χ1v) is 8.23. The number of piperazine rings is 1. The number of hydrogen-bond donors (Lipinski definition) is 1. The van der Waals surface area contributed by atoms with Crippen molar-refractivity contribution in [3.05, 3.63) is 35.9 Å². The third kappa shape index (κ3) is 3.65. The van der Waals surface area contributed by atoms with Gasteiger partial charge in [-0.3, -0.25) is 4.90 Å². The molecular weight excluding hydrogens is 260 g/mol. The zero-order valence-corrected chi connectivity index (χ0v) is 13.5. The fourth-order valence-corrected chi connectivity index (χ4v) is 3.65. The van der Waals surface area contributed by atoms with Crippen molar-refractivity contribution >= 4 is 0 Å². The van der Waals surface area contributed by atoms with E-state index >= 15 is 0 Å². The first kappa shape index (κ1) is 15.0. The van der Waals surface area contributed by atoms with Crippen LogP contribution in [0.2, 0.25) is 0 Å². The van der Waals surface area contributed by atoms with Crippen molar-refractivity contribution in [1.82, 2.24) is 10.2 Å². The molecule has 0 bridgehead atoms. The number of ether oxygens (including phenoxy) is 1. The molecule has 3 rings (SSSR count). The van der Waals surface area contributed by atoms with Crippen molar-refractivity contribution in [2.45, 2.75) is 57.4 Å². The van der Waals surface area contributed by atoms with Crippen LogP contribution in [0.5, 0.6) is 0 Å². The minimum Gasteiger partial charge on any atom is -0.374 e. The van der Waals surface area contributed by atoms with E-state index in [1.54, 1.807) is 0 Å². The number of nitrogens with one attached hydrogen (secondary N) is 1. The molecule has 2 aliphatic heterocycles. The summed E-state index contributed by atoms with van der Waals surface area (Å²) >= 11 is 0. The maximum Gasteiger partial charge on any atom is 0.0706 e. The van der Waals surface area contributed by atoms with Crippen LogP contribution >= 0.6 is 0 Å². The van der Waals surface area contributed by atoms with E-state index in [2.05, 4.69) is 61.3 Å². The molecule has 116 valence electrons. The van der Waals surface area contributed by atoms with Crippen molar-refractivity contribution < 1.29 is 4.74 Å². The van der Waals surface area contributed by atoms with Crippen molar-refractivity contribution in [3.63, 3.8) is 0 Å². The zero-order chi connectivity index (χ0) is 14.9. The summed E-state index contributed by atoms with van der Waals surface area (Å²) in [6.07, 6.45) is 3.24. The smallest absolute Gasteiger partial charge is 0.0706 e. The monoisotopic (exact) mass is 288 g/mol. The molecule has 3 atom stereocenters. The lowest BCUT2D eigenvalue weighted by Crippen LogP contribution is -2.59. The summed E-state index contributed by atoms with van der Waals surface area (Å²) in [4.78, 5) is 2.62. The van der Waals surface area contributed by atoms with E-state index in [9.17, 15) is 0 Å². The van der Waals surface area contributed by atoms with Crippen LogP contribution < -0.4 is 5.32 Å². The molecule has 0 aliphatic carbocycles. The lowest BCUT2D eigenvalue weighted by molar-refractivity contribution is 0.00220. The van der Waals surface area contributed by atoms with Gasteiger partial charge in [0.1, 0.15) is 0 Å². The first-order valence-electron chi connectivity index (χ1n) is 8.23. The van der Waals surface area contributed by atoms with E-state index in [-0.39, 0.29) is 5.54 Å². The highest BCUT2D eigenvalue weighted by Crippen LogP contribution is 2.29. The molecule has 21 heavy (non-hydrogen) atoms. The predicted octanol–water partition coefficient (Wildman–Crippen LogP) is 2.98. The van der Waals surface area contributed by atoms with E-state index < -0.39 is 0 Å². The summed E-state index contributed by atoms with van der Waals surface area (Å²) in [7, 11) is 0. The SMILES string of the molecule is CC1CCC(CN2CC(C)(C)NCC2c2ccccc2)O1. The summed E-state index contributed by atoms with van der Waals surface area (Å²) in [5.74, 6) is 0.